The number of amides is 1. The zero-order valence-electron chi connectivity index (χ0n) is 11.2. The predicted octanol–water partition coefficient (Wildman–Crippen LogP) is 3.71. The maximum atomic E-state index is 11.8. The van der Waals surface area contributed by atoms with Gasteiger partial charge in [0.2, 0.25) is 0 Å². The third kappa shape index (κ3) is 4.38. The Morgan fingerprint density at radius 1 is 1.09 bits per heavy atom. The largest absolute Gasteiger partial charge is 0.483 e. The average molecular weight is 340 g/mol. The second-order valence-electron chi connectivity index (χ2n) is 4.29. The van der Waals surface area contributed by atoms with Crippen LogP contribution >= 0.6 is 23.2 Å². The number of ether oxygens (including phenoxy) is 1. The summed E-state index contributed by atoms with van der Waals surface area (Å²) in [4.78, 5) is 22.9. The summed E-state index contributed by atoms with van der Waals surface area (Å²) in [6.07, 6.45) is 0. The smallest absolute Gasteiger partial charge is 0.339 e. The summed E-state index contributed by atoms with van der Waals surface area (Å²) in [7, 11) is 0. The molecule has 0 atom stereocenters. The molecule has 0 spiro atoms. The van der Waals surface area contributed by atoms with Gasteiger partial charge in [-0.05, 0) is 36.4 Å². The van der Waals surface area contributed by atoms with Crippen LogP contribution < -0.4 is 10.1 Å². The zero-order chi connectivity index (χ0) is 16.1. The molecule has 114 valence electrons. The summed E-state index contributed by atoms with van der Waals surface area (Å²) >= 11 is 11.5. The molecule has 2 rings (SSSR count). The molecule has 0 radical (unpaired) electrons. The molecule has 1 amide bonds. The van der Waals surface area contributed by atoms with E-state index in [2.05, 4.69) is 5.32 Å². The van der Waals surface area contributed by atoms with Gasteiger partial charge in [0.15, 0.2) is 6.61 Å². The van der Waals surface area contributed by atoms with Crippen LogP contribution in [0.3, 0.4) is 0 Å². The van der Waals surface area contributed by atoms with E-state index in [1.54, 1.807) is 24.3 Å². The summed E-state index contributed by atoms with van der Waals surface area (Å²) in [5, 5.41) is 12.4. The Labute approximate surface area is 136 Å². The molecule has 0 aliphatic rings. The molecule has 0 bridgehead atoms. The van der Waals surface area contributed by atoms with Crippen LogP contribution in [0.25, 0.3) is 0 Å². The maximum Gasteiger partial charge on any atom is 0.339 e. The highest BCUT2D eigenvalue weighted by Crippen LogP contribution is 2.23. The third-order valence-electron chi connectivity index (χ3n) is 2.64. The van der Waals surface area contributed by atoms with Crippen LogP contribution in [0.2, 0.25) is 10.0 Å². The van der Waals surface area contributed by atoms with Crippen LogP contribution in [0.1, 0.15) is 10.4 Å². The van der Waals surface area contributed by atoms with E-state index >= 15 is 0 Å². The minimum Gasteiger partial charge on any atom is -0.483 e. The topological polar surface area (TPSA) is 75.6 Å². The van der Waals surface area contributed by atoms with Gasteiger partial charge < -0.3 is 15.2 Å². The molecule has 0 saturated heterocycles. The van der Waals surface area contributed by atoms with E-state index in [0.29, 0.717) is 10.7 Å². The molecule has 2 N–H and O–H groups in total. The van der Waals surface area contributed by atoms with E-state index in [9.17, 15) is 9.59 Å². The molecular weight excluding hydrogens is 329 g/mol. The number of hydrogen-bond donors (Lipinski definition) is 2. The number of rotatable bonds is 5. The zero-order valence-corrected chi connectivity index (χ0v) is 12.7. The van der Waals surface area contributed by atoms with Crippen molar-refractivity contribution in [3.8, 4) is 5.75 Å². The van der Waals surface area contributed by atoms with Gasteiger partial charge in [0.25, 0.3) is 5.91 Å². The standard InChI is InChI=1S/C15H11Cl2NO4/c16-9-2-1-3-11(6-9)18-14(19)8-22-13-5-4-10(17)7-12(13)15(20)21/h1-7H,8H2,(H,18,19)(H,20,21). The van der Waals surface area contributed by atoms with Crippen molar-refractivity contribution in [1.29, 1.82) is 0 Å². The van der Waals surface area contributed by atoms with Crippen LogP contribution in [0.4, 0.5) is 5.69 Å². The second kappa shape index (κ2) is 7.15. The van der Waals surface area contributed by atoms with E-state index in [0.717, 1.165) is 0 Å². The molecule has 0 heterocycles. The molecule has 0 aliphatic carbocycles. The fraction of sp³-hybridized carbons (Fsp3) is 0.0667. The first-order valence-electron chi connectivity index (χ1n) is 6.17. The molecule has 2 aromatic rings. The lowest BCUT2D eigenvalue weighted by molar-refractivity contribution is -0.118. The lowest BCUT2D eigenvalue weighted by Crippen LogP contribution is -2.20. The van der Waals surface area contributed by atoms with Crippen molar-refractivity contribution in [2.24, 2.45) is 0 Å². The molecule has 0 fully saturated rings. The minimum absolute atomic E-state index is 0.0677. The summed E-state index contributed by atoms with van der Waals surface area (Å²) in [6, 6.07) is 10.8. The van der Waals surface area contributed by atoms with Crippen molar-refractivity contribution in [3.05, 3.63) is 58.1 Å². The Kier molecular flexibility index (Phi) is 5.25. The molecule has 7 heteroatoms. The number of benzene rings is 2. The van der Waals surface area contributed by atoms with Crippen molar-refractivity contribution in [1.82, 2.24) is 0 Å². The van der Waals surface area contributed by atoms with E-state index in [4.69, 9.17) is 33.0 Å². The number of carboxylic acid groups (broad SMARTS) is 1. The van der Waals surface area contributed by atoms with Gasteiger partial charge in [-0.3, -0.25) is 4.79 Å². The summed E-state index contributed by atoms with van der Waals surface area (Å²) in [5.41, 5.74) is 0.415. The van der Waals surface area contributed by atoms with E-state index in [-0.39, 0.29) is 22.9 Å². The van der Waals surface area contributed by atoms with Crippen molar-refractivity contribution in [3.63, 3.8) is 0 Å². The predicted molar refractivity (Wildman–Crippen MR) is 84.0 cm³/mol. The first kappa shape index (κ1) is 16.1. The van der Waals surface area contributed by atoms with Crippen LogP contribution in [0, 0.1) is 0 Å². The number of halogens is 2. The molecule has 22 heavy (non-hydrogen) atoms. The van der Waals surface area contributed by atoms with Gasteiger partial charge >= 0.3 is 5.97 Å². The monoisotopic (exact) mass is 339 g/mol. The molecule has 0 aromatic heterocycles. The SMILES string of the molecule is O=C(COc1ccc(Cl)cc1C(=O)O)Nc1cccc(Cl)c1. The number of carbonyl (C=O) groups is 2. The number of aromatic carboxylic acids is 1. The molecule has 0 aliphatic heterocycles. The van der Waals surface area contributed by atoms with Gasteiger partial charge in [-0.1, -0.05) is 29.3 Å². The number of hydrogen-bond acceptors (Lipinski definition) is 3. The Morgan fingerprint density at radius 3 is 2.50 bits per heavy atom. The Hall–Kier alpha value is -2.24. The average Bonchev–Trinajstić information content (AvgIpc) is 2.45. The molecule has 5 nitrogen and oxygen atoms in total. The van der Waals surface area contributed by atoms with Gasteiger partial charge in [-0.25, -0.2) is 4.79 Å². The van der Waals surface area contributed by atoms with Gasteiger partial charge in [-0.2, -0.15) is 0 Å². The number of carbonyl (C=O) groups excluding carboxylic acids is 1. The van der Waals surface area contributed by atoms with E-state index in [1.165, 1.54) is 18.2 Å². The van der Waals surface area contributed by atoms with Crippen molar-refractivity contribution in [2.75, 3.05) is 11.9 Å². The maximum absolute atomic E-state index is 11.8. The van der Waals surface area contributed by atoms with Crippen molar-refractivity contribution >= 4 is 40.8 Å². The van der Waals surface area contributed by atoms with Crippen LogP contribution in [0.5, 0.6) is 5.75 Å². The Morgan fingerprint density at radius 2 is 1.82 bits per heavy atom. The first-order valence-corrected chi connectivity index (χ1v) is 6.92. The van der Waals surface area contributed by atoms with Crippen molar-refractivity contribution < 1.29 is 19.4 Å². The molecule has 0 unspecified atom stereocenters. The molecule has 2 aromatic carbocycles. The van der Waals surface area contributed by atoms with Gasteiger partial charge in [-0.15, -0.1) is 0 Å². The quantitative estimate of drug-likeness (QED) is 0.870. The lowest BCUT2D eigenvalue weighted by Gasteiger charge is -2.10. The summed E-state index contributed by atoms with van der Waals surface area (Å²) < 4.78 is 5.23. The normalized spacial score (nSPS) is 10.1. The van der Waals surface area contributed by atoms with Crippen LogP contribution in [-0.2, 0) is 4.79 Å². The van der Waals surface area contributed by atoms with Crippen LogP contribution in [0.15, 0.2) is 42.5 Å². The molecule has 0 saturated carbocycles. The Balaban J connectivity index is 2.01. The molecular formula is C15H11Cl2NO4. The number of nitrogens with one attached hydrogen (secondary N) is 1. The lowest BCUT2D eigenvalue weighted by atomic mass is 10.2. The number of carboxylic acids is 1. The summed E-state index contributed by atoms with van der Waals surface area (Å²) in [6.45, 7) is -0.339. The van der Waals surface area contributed by atoms with E-state index in [1.807, 2.05) is 0 Å². The summed E-state index contributed by atoms with van der Waals surface area (Å²) in [5.74, 6) is -1.56. The van der Waals surface area contributed by atoms with Crippen molar-refractivity contribution in [2.45, 2.75) is 0 Å². The highest BCUT2D eigenvalue weighted by Gasteiger charge is 2.13. The highest BCUT2D eigenvalue weighted by atomic mass is 35.5. The van der Waals surface area contributed by atoms with Gasteiger partial charge in [0, 0.05) is 15.7 Å². The fourth-order valence-corrected chi connectivity index (χ4v) is 2.06. The first-order chi connectivity index (χ1) is 10.5. The third-order valence-corrected chi connectivity index (χ3v) is 3.11. The van der Waals surface area contributed by atoms with E-state index < -0.39 is 11.9 Å². The highest BCUT2D eigenvalue weighted by molar-refractivity contribution is 6.31. The van der Waals surface area contributed by atoms with Crippen LogP contribution in [-0.4, -0.2) is 23.6 Å². The fourth-order valence-electron chi connectivity index (χ4n) is 1.70. The van der Waals surface area contributed by atoms with Gasteiger partial charge in [0.1, 0.15) is 11.3 Å². The minimum atomic E-state index is -1.19. The Bertz CT molecular complexity index is 718. The number of anilines is 1. The van der Waals surface area contributed by atoms with Gasteiger partial charge in [0.05, 0.1) is 0 Å². The second-order valence-corrected chi connectivity index (χ2v) is 5.17.